The van der Waals surface area contributed by atoms with Crippen molar-refractivity contribution in [2.45, 2.75) is 70.0 Å². The summed E-state index contributed by atoms with van der Waals surface area (Å²) in [7, 11) is 1.93. The Bertz CT molecular complexity index is 316. The minimum atomic E-state index is -0.254. The lowest BCUT2D eigenvalue weighted by molar-refractivity contribution is 0.173. The molecule has 2 fully saturated rings. The van der Waals surface area contributed by atoms with E-state index in [2.05, 4.69) is 30.1 Å². The van der Waals surface area contributed by atoms with Gasteiger partial charge in [-0.05, 0) is 58.0 Å². The fourth-order valence-electron chi connectivity index (χ4n) is 3.16. The molecule has 2 saturated carbocycles. The lowest BCUT2D eigenvalue weighted by Crippen LogP contribution is -2.43. The van der Waals surface area contributed by atoms with E-state index in [0.29, 0.717) is 6.04 Å². The van der Waals surface area contributed by atoms with E-state index in [-0.39, 0.29) is 5.54 Å². The molecule has 2 atom stereocenters. The Kier molecular flexibility index (Phi) is 4.29. The number of rotatable bonds is 6. The second-order valence-corrected chi connectivity index (χ2v) is 6.49. The third kappa shape index (κ3) is 3.05. The van der Waals surface area contributed by atoms with Gasteiger partial charge in [0.2, 0.25) is 0 Å². The summed E-state index contributed by atoms with van der Waals surface area (Å²) in [5.74, 6) is 0.776. The molecule has 0 spiro atoms. The third-order valence-electron chi connectivity index (χ3n) is 4.63. The molecule has 3 heteroatoms. The molecule has 0 aromatic heterocycles. The van der Waals surface area contributed by atoms with Crippen molar-refractivity contribution in [2.24, 2.45) is 5.92 Å². The van der Waals surface area contributed by atoms with Crippen LogP contribution in [0.5, 0.6) is 0 Å². The summed E-state index contributed by atoms with van der Waals surface area (Å²) < 4.78 is 0. The van der Waals surface area contributed by atoms with Crippen LogP contribution in [0.15, 0.2) is 0 Å². The molecular weight excluding hydrogens is 222 g/mol. The van der Waals surface area contributed by atoms with Gasteiger partial charge in [-0.1, -0.05) is 13.8 Å². The fourth-order valence-corrected chi connectivity index (χ4v) is 3.16. The zero-order chi connectivity index (χ0) is 13.2. The Morgan fingerprint density at radius 2 is 2.06 bits per heavy atom. The summed E-state index contributed by atoms with van der Waals surface area (Å²) in [5.41, 5.74) is -0.254. The summed E-state index contributed by atoms with van der Waals surface area (Å²) in [4.78, 5) is 2.70. The molecule has 0 aromatic rings. The van der Waals surface area contributed by atoms with Crippen LogP contribution >= 0.6 is 0 Å². The highest BCUT2D eigenvalue weighted by atomic mass is 15.2. The van der Waals surface area contributed by atoms with Crippen LogP contribution < -0.4 is 5.32 Å². The van der Waals surface area contributed by atoms with Gasteiger partial charge in [0.25, 0.3) is 0 Å². The van der Waals surface area contributed by atoms with Crippen molar-refractivity contribution in [2.75, 3.05) is 13.6 Å². The molecule has 1 N–H and O–H groups in total. The van der Waals surface area contributed by atoms with Crippen LogP contribution in [0.25, 0.3) is 0 Å². The minimum absolute atomic E-state index is 0.254. The molecule has 2 rings (SSSR count). The first-order valence-electron chi connectivity index (χ1n) is 7.46. The van der Waals surface area contributed by atoms with Crippen LogP contribution in [0.2, 0.25) is 0 Å². The maximum atomic E-state index is 9.36. The molecule has 2 unspecified atom stereocenters. The first kappa shape index (κ1) is 13.8. The van der Waals surface area contributed by atoms with Crippen molar-refractivity contribution in [3.63, 3.8) is 0 Å². The van der Waals surface area contributed by atoms with E-state index in [0.717, 1.165) is 24.8 Å². The number of hydrogen-bond donors (Lipinski definition) is 1. The highest BCUT2D eigenvalue weighted by molar-refractivity contribution is 5.13. The topological polar surface area (TPSA) is 39.1 Å². The average Bonchev–Trinajstić information content (AvgIpc) is 3.09. The monoisotopic (exact) mass is 249 g/mol. The summed E-state index contributed by atoms with van der Waals surface area (Å²) >= 11 is 0. The predicted octanol–water partition coefficient (Wildman–Crippen LogP) is 2.53. The second-order valence-electron chi connectivity index (χ2n) is 6.49. The van der Waals surface area contributed by atoms with Gasteiger partial charge in [0.1, 0.15) is 5.54 Å². The highest BCUT2D eigenvalue weighted by Gasteiger charge is 2.43. The van der Waals surface area contributed by atoms with Gasteiger partial charge in [-0.25, -0.2) is 0 Å². The van der Waals surface area contributed by atoms with E-state index in [9.17, 15) is 5.26 Å². The third-order valence-corrected chi connectivity index (χ3v) is 4.63. The van der Waals surface area contributed by atoms with Crippen molar-refractivity contribution < 1.29 is 0 Å². The fraction of sp³-hybridized carbons (Fsp3) is 0.933. The Hall–Kier alpha value is -0.590. The molecule has 0 aromatic carbocycles. The van der Waals surface area contributed by atoms with Crippen LogP contribution in [0.4, 0.5) is 0 Å². The van der Waals surface area contributed by atoms with E-state index in [4.69, 9.17) is 0 Å². The number of nitrogens with zero attached hydrogens (tertiary/aromatic N) is 2. The number of nitrogens with one attached hydrogen (secondary N) is 1. The van der Waals surface area contributed by atoms with E-state index < -0.39 is 0 Å². The Labute approximate surface area is 112 Å². The SMILES string of the molecule is CNC1(C#N)CCC(N(CCC(C)C)C2CC2)C1. The van der Waals surface area contributed by atoms with Crippen molar-refractivity contribution in [3.8, 4) is 6.07 Å². The molecule has 0 radical (unpaired) electrons. The molecule has 0 bridgehead atoms. The van der Waals surface area contributed by atoms with Gasteiger partial charge in [0, 0.05) is 12.1 Å². The van der Waals surface area contributed by atoms with Gasteiger partial charge in [-0.3, -0.25) is 4.90 Å². The maximum Gasteiger partial charge on any atom is 0.108 e. The van der Waals surface area contributed by atoms with Gasteiger partial charge in [0.05, 0.1) is 6.07 Å². The highest BCUT2D eigenvalue weighted by Crippen LogP contribution is 2.38. The van der Waals surface area contributed by atoms with Gasteiger partial charge in [0.15, 0.2) is 0 Å². The molecule has 18 heavy (non-hydrogen) atoms. The summed E-state index contributed by atoms with van der Waals surface area (Å²) in [6, 6.07) is 3.95. The predicted molar refractivity (Wildman–Crippen MR) is 74.2 cm³/mol. The largest absolute Gasteiger partial charge is 0.302 e. The van der Waals surface area contributed by atoms with Gasteiger partial charge in [-0.15, -0.1) is 0 Å². The van der Waals surface area contributed by atoms with E-state index in [1.165, 1.54) is 32.2 Å². The minimum Gasteiger partial charge on any atom is -0.302 e. The standard InChI is InChI=1S/C15H27N3/c1-12(2)7-9-18(13-4-5-13)14-6-8-15(10-14,11-16)17-3/h12-14,17H,4-10H2,1-3H3. The van der Waals surface area contributed by atoms with E-state index in [1.54, 1.807) is 0 Å². The van der Waals surface area contributed by atoms with Crippen LogP contribution in [0.3, 0.4) is 0 Å². The summed E-state index contributed by atoms with van der Waals surface area (Å²) in [6.45, 7) is 5.82. The van der Waals surface area contributed by atoms with Crippen molar-refractivity contribution >= 4 is 0 Å². The number of nitriles is 1. The van der Waals surface area contributed by atoms with Crippen LogP contribution in [-0.4, -0.2) is 36.1 Å². The molecule has 2 aliphatic rings. The summed E-state index contributed by atoms with van der Waals surface area (Å²) in [5, 5.41) is 12.6. The van der Waals surface area contributed by atoms with Gasteiger partial charge >= 0.3 is 0 Å². The van der Waals surface area contributed by atoms with E-state index >= 15 is 0 Å². The lowest BCUT2D eigenvalue weighted by atomic mass is 9.99. The zero-order valence-corrected chi connectivity index (χ0v) is 12.1. The first-order valence-corrected chi connectivity index (χ1v) is 7.46. The van der Waals surface area contributed by atoms with Crippen LogP contribution in [0.1, 0.15) is 52.4 Å². The Balaban J connectivity index is 1.94. The Morgan fingerprint density at radius 3 is 2.50 bits per heavy atom. The average molecular weight is 249 g/mol. The molecule has 2 aliphatic carbocycles. The lowest BCUT2D eigenvalue weighted by Gasteiger charge is -2.30. The molecule has 3 nitrogen and oxygen atoms in total. The smallest absolute Gasteiger partial charge is 0.108 e. The van der Waals surface area contributed by atoms with Crippen molar-refractivity contribution in [3.05, 3.63) is 0 Å². The second kappa shape index (κ2) is 5.59. The molecule has 102 valence electrons. The quantitative estimate of drug-likeness (QED) is 0.786. The zero-order valence-electron chi connectivity index (χ0n) is 12.1. The summed E-state index contributed by atoms with van der Waals surface area (Å²) in [6.07, 6.45) is 7.22. The molecular formula is C15H27N3. The Morgan fingerprint density at radius 1 is 1.33 bits per heavy atom. The van der Waals surface area contributed by atoms with Crippen LogP contribution in [-0.2, 0) is 0 Å². The maximum absolute atomic E-state index is 9.36. The van der Waals surface area contributed by atoms with Crippen molar-refractivity contribution in [1.29, 1.82) is 5.26 Å². The normalized spacial score (nSPS) is 32.1. The molecule has 0 aliphatic heterocycles. The van der Waals surface area contributed by atoms with Crippen LogP contribution in [0, 0.1) is 17.2 Å². The molecule has 0 saturated heterocycles. The van der Waals surface area contributed by atoms with Gasteiger partial charge in [-0.2, -0.15) is 5.26 Å². The van der Waals surface area contributed by atoms with E-state index in [1.807, 2.05) is 7.05 Å². The number of hydrogen-bond acceptors (Lipinski definition) is 3. The molecule has 0 heterocycles. The van der Waals surface area contributed by atoms with Gasteiger partial charge < -0.3 is 5.32 Å². The molecule has 0 amide bonds. The van der Waals surface area contributed by atoms with Crippen molar-refractivity contribution in [1.82, 2.24) is 10.2 Å². The first-order chi connectivity index (χ1) is 8.60.